The van der Waals surface area contributed by atoms with Gasteiger partial charge in [-0.1, -0.05) is 45.4 Å². The van der Waals surface area contributed by atoms with Crippen LogP contribution in [-0.4, -0.2) is 49.1 Å². The summed E-state index contributed by atoms with van der Waals surface area (Å²) in [5, 5.41) is 11.1. The van der Waals surface area contributed by atoms with Gasteiger partial charge in [0, 0.05) is 17.8 Å². The van der Waals surface area contributed by atoms with E-state index in [2.05, 4.69) is 33.4 Å². The first-order chi connectivity index (χ1) is 16.6. The molecule has 2 aliphatic heterocycles. The molecule has 192 valence electrons. The predicted molar refractivity (Wildman–Crippen MR) is 129 cm³/mol. The number of carboxylic acids is 1. The van der Waals surface area contributed by atoms with E-state index in [1.54, 1.807) is 0 Å². The van der Waals surface area contributed by atoms with Crippen molar-refractivity contribution >= 4 is 12.3 Å². The van der Waals surface area contributed by atoms with Crippen molar-refractivity contribution in [3.63, 3.8) is 0 Å². The lowest BCUT2D eigenvalue weighted by molar-refractivity contribution is -0.248. The highest BCUT2D eigenvalue weighted by Gasteiger charge is 2.84. The molecule has 0 radical (unpaired) electrons. The number of fused-ring (bicyclic) bond motifs is 3. The van der Waals surface area contributed by atoms with Crippen molar-refractivity contribution in [3.8, 4) is 0 Å². The van der Waals surface area contributed by atoms with Crippen LogP contribution in [-0.2, 0) is 23.8 Å². The van der Waals surface area contributed by atoms with Gasteiger partial charge in [-0.15, -0.1) is 0 Å². The Morgan fingerprint density at radius 1 is 1.31 bits per heavy atom. The van der Waals surface area contributed by atoms with E-state index in [-0.39, 0.29) is 35.9 Å². The summed E-state index contributed by atoms with van der Waals surface area (Å²) in [5.74, 6) is 0.474. The number of carbonyl (C=O) groups excluding carboxylic acids is 1. The highest BCUT2D eigenvalue weighted by Crippen LogP contribution is 2.82. The maximum atomic E-state index is 13.5. The third-order valence-corrected chi connectivity index (χ3v) is 11.3. The number of rotatable bonds is 6. The third-order valence-electron chi connectivity index (χ3n) is 11.3. The fourth-order valence-electron chi connectivity index (χ4n) is 9.99. The van der Waals surface area contributed by atoms with Crippen molar-refractivity contribution in [1.82, 2.24) is 0 Å². The maximum absolute atomic E-state index is 13.5. The fraction of sp³-hybridized carbons (Fsp3) is 0.793. The predicted octanol–water partition coefficient (Wildman–Crippen LogP) is 4.63. The molecule has 6 nitrogen and oxygen atoms in total. The summed E-state index contributed by atoms with van der Waals surface area (Å²) in [4.78, 5) is 26.7. The Kier molecular flexibility index (Phi) is 5.29. The molecule has 2 heterocycles. The third kappa shape index (κ3) is 2.72. The van der Waals surface area contributed by atoms with Gasteiger partial charge in [0.2, 0.25) is 0 Å². The second kappa shape index (κ2) is 7.75. The molecule has 6 aliphatic rings. The Bertz CT molecular complexity index is 986. The SMILES string of the molecule is C=C1CO[C@H]2[C@@H](C)OC(OC[C@@]34C[C@H]5[C@H](C)CC[C@@H]5[C@@]5(C=O)C[C@H]3C=C(C(C)C)[C@@]45C(=O)O)C[C@@H]12. The van der Waals surface area contributed by atoms with Crippen LogP contribution in [0.2, 0.25) is 0 Å². The zero-order chi connectivity index (χ0) is 24.9. The molecule has 0 aromatic carbocycles. The van der Waals surface area contributed by atoms with E-state index in [9.17, 15) is 14.7 Å². The van der Waals surface area contributed by atoms with Gasteiger partial charge in [-0.05, 0) is 61.3 Å². The minimum Gasteiger partial charge on any atom is -0.481 e. The minimum absolute atomic E-state index is 0.0141. The van der Waals surface area contributed by atoms with E-state index in [1.807, 2.05) is 6.92 Å². The molecule has 0 amide bonds. The zero-order valence-electron chi connectivity index (χ0n) is 21.5. The summed E-state index contributed by atoms with van der Waals surface area (Å²) in [7, 11) is 0. The molecule has 6 rings (SSSR count). The number of ether oxygens (including phenoxy) is 3. The number of carboxylic acid groups (broad SMARTS) is 1. The maximum Gasteiger partial charge on any atom is 0.315 e. The molecule has 1 unspecified atom stereocenters. The van der Waals surface area contributed by atoms with Crippen LogP contribution in [0.25, 0.3) is 0 Å². The number of aldehydes is 1. The number of allylic oxidation sites excluding steroid dienone is 1. The number of aliphatic carboxylic acids is 1. The number of carbonyl (C=O) groups is 2. The van der Waals surface area contributed by atoms with Crippen LogP contribution in [0.1, 0.15) is 59.8 Å². The quantitative estimate of drug-likeness (QED) is 0.437. The molecule has 11 atom stereocenters. The van der Waals surface area contributed by atoms with Gasteiger partial charge < -0.3 is 24.1 Å². The first-order valence-electron chi connectivity index (χ1n) is 13.6. The average Bonchev–Trinajstić information content (AvgIpc) is 3.50. The van der Waals surface area contributed by atoms with Crippen molar-refractivity contribution in [3.05, 3.63) is 23.8 Å². The van der Waals surface area contributed by atoms with Crippen LogP contribution in [0.3, 0.4) is 0 Å². The van der Waals surface area contributed by atoms with Crippen LogP contribution in [0.5, 0.6) is 0 Å². The van der Waals surface area contributed by atoms with Crippen LogP contribution in [0.4, 0.5) is 0 Å². The molecular formula is C29H40O6. The van der Waals surface area contributed by atoms with E-state index in [4.69, 9.17) is 14.2 Å². The minimum atomic E-state index is -1.20. The van der Waals surface area contributed by atoms with Gasteiger partial charge in [0.15, 0.2) is 6.29 Å². The van der Waals surface area contributed by atoms with E-state index in [0.29, 0.717) is 37.9 Å². The van der Waals surface area contributed by atoms with Gasteiger partial charge in [-0.3, -0.25) is 4.79 Å². The lowest BCUT2D eigenvalue weighted by Gasteiger charge is -2.58. The van der Waals surface area contributed by atoms with Gasteiger partial charge >= 0.3 is 5.97 Å². The summed E-state index contributed by atoms with van der Waals surface area (Å²) in [6.07, 6.45) is 6.92. The van der Waals surface area contributed by atoms with Gasteiger partial charge in [0.25, 0.3) is 0 Å². The van der Waals surface area contributed by atoms with Crippen molar-refractivity contribution < 1.29 is 28.9 Å². The van der Waals surface area contributed by atoms with Gasteiger partial charge in [0.05, 0.1) is 30.8 Å². The summed E-state index contributed by atoms with van der Waals surface area (Å²) in [6.45, 7) is 13.5. The Balaban J connectivity index is 1.39. The van der Waals surface area contributed by atoms with E-state index >= 15 is 0 Å². The van der Waals surface area contributed by atoms with Crippen LogP contribution in [0, 0.1) is 51.8 Å². The van der Waals surface area contributed by atoms with Gasteiger partial charge in [0.1, 0.15) is 11.7 Å². The van der Waals surface area contributed by atoms with Crippen LogP contribution in [0.15, 0.2) is 23.8 Å². The highest BCUT2D eigenvalue weighted by atomic mass is 16.7. The normalized spacial score (nSPS) is 51.9. The Morgan fingerprint density at radius 2 is 2.09 bits per heavy atom. The second-order valence-corrected chi connectivity index (χ2v) is 12.8. The number of hydrogen-bond acceptors (Lipinski definition) is 5. The lowest BCUT2D eigenvalue weighted by Crippen LogP contribution is -2.63. The fourth-order valence-corrected chi connectivity index (χ4v) is 9.99. The van der Waals surface area contributed by atoms with Crippen LogP contribution >= 0.6 is 0 Å². The lowest BCUT2D eigenvalue weighted by atomic mass is 9.43. The van der Waals surface area contributed by atoms with E-state index in [1.165, 1.54) is 0 Å². The molecule has 6 heteroatoms. The van der Waals surface area contributed by atoms with Crippen molar-refractivity contribution in [2.45, 2.75) is 78.3 Å². The second-order valence-electron chi connectivity index (χ2n) is 12.8. The Hall–Kier alpha value is -1.50. The summed E-state index contributed by atoms with van der Waals surface area (Å²) in [5.41, 5.74) is -0.635. The average molecular weight is 485 g/mol. The largest absolute Gasteiger partial charge is 0.481 e. The smallest absolute Gasteiger partial charge is 0.315 e. The molecule has 1 N–H and O–H groups in total. The van der Waals surface area contributed by atoms with Gasteiger partial charge in [-0.2, -0.15) is 0 Å². The standard InChI is InChI=1S/C29H40O6/c1-15(2)23-8-19-10-27(13-30)22-7-6-16(3)21(22)11-28(19,29(23,27)26(31)32)14-34-24-9-20-17(4)12-33-25(20)18(5)35-24/h8,13,15-16,18-22,24-25H,4,6-7,9-12,14H2,1-3,5H3,(H,31,32)/t16-,18-,19-,20+,21+,22+,24?,25+,27+,28+,29+/m1/s1. The molecule has 0 aromatic heterocycles. The van der Waals surface area contributed by atoms with Crippen molar-refractivity contribution in [1.29, 1.82) is 0 Å². The zero-order valence-corrected chi connectivity index (χ0v) is 21.5. The first-order valence-corrected chi connectivity index (χ1v) is 13.6. The molecule has 4 bridgehead atoms. The number of hydrogen-bond donors (Lipinski definition) is 1. The molecule has 5 fully saturated rings. The van der Waals surface area contributed by atoms with Crippen LogP contribution < -0.4 is 0 Å². The summed E-state index contributed by atoms with van der Waals surface area (Å²) in [6, 6.07) is 0. The highest BCUT2D eigenvalue weighted by molar-refractivity contribution is 5.90. The molecule has 0 spiro atoms. The van der Waals surface area contributed by atoms with E-state index in [0.717, 1.165) is 36.7 Å². The topological polar surface area (TPSA) is 82.1 Å². The molecule has 35 heavy (non-hydrogen) atoms. The molecule has 3 saturated carbocycles. The summed E-state index contributed by atoms with van der Waals surface area (Å²) >= 11 is 0. The first kappa shape index (κ1) is 23.9. The summed E-state index contributed by atoms with van der Waals surface area (Å²) < 4.78 is 18.7. The van der Waals surface area contributed by atoms with Crippen molar-refractivity contribution in [2.75, 3.05) is 13.2 Å². The molecule has 4 aliphatic carbocycles. The van der Waals surface area contributed by atoms with E-state index < -0.39 is 28.5 Å². The molecular weight excluding hydrogens is 444 g/mol. The Labute approximate surface area is 208 Å². The molecule has 0 aromatic rings. The molecule has 2 saturated heterocycles. The monoisotopic (exact) mass is 484 g/mol. The Morgan fingerprint density at radius 3 is 2.77 bits per heavy atom. The van der Waals surface area contributed by atoms with Crippen molar-refractivity contribution in [2.24, 2.45) is 51.8 Å². The van der Waals surface area contributed by atoms with Gasteiger partial charge in [-0.25, -0.2) is 0 Å².